The van der Waals surface area contributed by atoms with Crippen LogP contribution in [0.15, 0.2) is 97.1 Å². The highest BCUT2D eigenvalue weighted by atomic mass is 16.6. The van der Waals surface area contributed by atoms with Crippen LogP contribution < -0.4 is 9.47 Å². The van der Waals surface area contributed by atoms with Gasteiger partial charge in [-0.2, -0.15) is 0 Å². The second-order valence-corrected chi connectivity index (χ2v) is 9.81. The van der Waals surface area contributed by atoms with Gasteiger partial charge >= 0.3 is 11.9 Å². The van der Waals surface area contributed by atoms with E-state index in [9.17, 15) is 9.59 Å². The Kier molecular flexibility index (Phi) is 5.10. The third-order valence-corrected chi connectivity index (χ3v) is 7.82. The molecule has 0 aromatic heterocycles. The maximum Gasteiger partial charge on any atom is 0.318 e. The van der Waals surface area contributed by atoms with Crippen LogP contribution in [0.4, 0.5) is 0 Å². The van der Waals surface area contributed by atoms with Gasteiger partial charge in [0.05, 0.1) is 11.8 Å². The average molecular weight is 489 g/mol. The third-order valence-electron chi connectivity index (χ3n) is 7.82. The van der Waals surface area contributed by atoms with E-state index in [1.807, 2.05) is 84.9 Å². The fourth-order valence-electron chi connectivity index (χ4n) is 6.31. The van der Waals surface area contributed by atoms with Crippen LogP contribution >= 0.6 is 0 Å². The number of carbonyl (C=O) groups excluding carboxylic acids is 2. The highest BCUT2D eigenvalue weighted by Gasteiger charge is 2.62. The van der Waals surface area contributed by atoms with Crippen molar-refractivity contribution in [1.82, 2.24) is 0 Å². The van der Waals surface area contributed by atoms with E-state index in [0.29, 0.717) is 24.7 Å². The first-order valence-corrected chi connectivity index (χ1v) is 12.6. The van der Waals surface area contributed by atoms with E-state index < -0.39 is 23.8 Å². The molecule has 1 fully saturated rings. The van der Waals surface area contributed by atoms with Gasteiger partial charge in [0.2, 0.25) is 0 Å². The largest absolute Gasteiger partial charge is 0.489 e. The van der Waals surface area contributed by atoms with Crippen LogP contribution in [0.1, 0.15) is 45.2 Å². The van der Waals surface area contributed by atoms with Crippen molar-refractivity contribution in [3.05, 3.63) is 130 Å². The molecule has 5 nitrogen and oxygen atoms in total. The molecular formula is C32H24O5. The van der Waals surface area contributed by atoms with Gasteiger partial charge in [0.25, 0.3) is 0 Å². The molecule has 5 heteroatoms. The first-order chi connectivity index (χ1) is 18.2. The maximum absolute atomic E-state index is 13.0. The number of hydrogen-bond acceptors (Lipinski definition) is 5. The summed E-state index contributed by atoms with van der Waals surface area (Å²) in [5.74, 6) is -1.30. The van der Waals surface area contributed by atoms with Crippen LogP contribution in [0.25, 0.3) is 0 Å². The lowest BCUT2D eigenvalue weighted by Gasteiger charge is -2.46. The van der Waals surface area contributed by atoms with Crippen LogP contribution in [0.2, 0.25) is 0 Å². The Bertz CT molecular complexity index is 1400. The zero-order valence-electron chi connectivity index (χ0n) is 20.0. The van der Waals surface area contributed by atoms with Crippen molar-refractivity contribution in [2.45, 2.75) is 25.0 Å². The van der Waals surface area contributed by atoms with Crippen LogP contribution in [0.5, 0.6) is 11.5 Å². The van der Waals surface area contributed by atoms with E-state index >= 15 is 0 Å². The fraction of sp³-hybridized carbons (Fsp3) is 0.188. The second kappa shape index (κ2) is 8.63. The summed E-state index contributed by atoms with van der Waals surface area (Å²) in [6.45, 7) is 0.794. The summed E-state index contributed by atoms with van der Waals surface area (Å²) in [4.78, 5) is 26.0. The third kappa shape index (κ3) is 3.45. The van der Waals surface area contributed by atoms with E-state index in [4.69, 9.17) is 14.2 Å². The molecule has 1 heterocycles. The van der Waals surface area contributed by atoms with Gasteiger partial charge in [-0.3, -0.25) is 9.59 Å². The minimum Gasteiger partial charge on any atom is -0.489 e. The zero-order chi connectivity index (χ0) is 24.9. The lowest BCUT2D eigenvalue weighted by atomic mass is 9.54. The van der Waals surface area contributed by atoms with Crippen molar-refractivity contribution in [2.75, 3.05) is 0 Å². The van der Waals surface area contributed by atoms with E-state index in [-0.39, 0.29) is 11.8 Å². The van der Waals surface area contributed by atoms with Gasteiger partial charge in [0, 0.05) is 23.0 Å². The molecule has 4 aromatic carbocycles. The van der Waals surface area contributed by atoms with Crippen molar-refractivity contribution in [3.63, 3.8) is 0 Å². The van der Waals surface area contributed by atoms with Crippen LogP contribution in [-0.4, -0.2) is 11.9 Å². The predicted octanol–water partition coefficient (Wildman–Crippen LogP) is 5.75. The zero-order valence-corrected chi connectivity index (χ0v) is 20.0. The molecule has 4 atom stereocenters. The van der Waals surface area contributed by atoms with Crippen LogP contribution in [0.3, 0.4) is 0 Å². The number of hydrogen-bond donors (Lipinski definition) is 0. The molecule has 4 aliphatic rings. The van der Waals surface area contributed by atoms with Gasteiger partial charge < -0.3 is 14.2 Å². The standard InChI is InChI=1S/C32H24O5/c33-31-29-25-21-13-7-8-14-22(21)26(30(29)32(34)37-31)28-24(36-18-20-11-5-2-6-12-20)16-15-23(27(25)28)35-17-19-9-3-1-4-10-19/h1-16,25-26,29-30H,17-18H2/t25-,26+,29+,30-. The van der Waals surface area contributed by atoms with Crippen molar-refractivity contribution in [1.29, 1.82) is 0 Å². The molecule has 0 radical (unpaired) electrons. The van der Waals surface area contributed by atoms with Gasteiger partial charge in [-0.1, -0.05) is 84.9 Å². The molecule has 0 spiro atoms. The Labute approximate surface area is 214 Å². The highest BCUT2D eigenvalue weighted by Crippen LogP contribution is 2.64. The summed E-state index contributed by atoms with van der Waals surface area (Å²) in [5, 5.41) is 0. The van der Waals surface area contributed by atoms with Gasteiger partial charge in [0.15, 0.2) is 0 Å². The number of carbonyl (C=O) groups is 2. The Morgan fingerprint density at radius 3 is 1.38 bits per heavy atom. The number of rotatable bonds is 6. The molecule has 0 saturated carbocycles. The SMILES string of the molecule is O=C1OC(=O)[C@H]2[C@@H]3c4ccccc4[C@@H](c4c(OCc5ccccc5)ccc(OCc5ccccc5)c43)[C@@H]12. The molecule has 0 amide bonds. The van der Waals surface area contributed by atoms with Crippen molar-refractivity contribution in [3.8, 4) is 11.5 Å². The van der Waals surface area contributed by atoms with E-state index in [2.05, 4.69) is 12.1 Å². The summed E-state index contributed by atoms with van der Waals surface area (Å²) < 4.78 is 18.0. The topological polar surface area (TPSA) is 61.8 Å². The molecule has 3 aliphatic carbocycles. The lowest BCUT2D eigenvalue weighted by molar-refractivity contribution is -0.153. The normalized spacial score (nSPS) is 22.6. The number of ether oxygens (including phenoxy) is 3. The molecule has 182 valence electrons. The molecule has 2 bridgehead atoms. The first-order valence-electron chi connectivity index (χ1n) is 12.6. The minimum absolute atomic E-state index is 0.341. The fourth-order valence-corrected chi connectivity index (χ4v) is 6.31. The number of cyclic esters (lactones) is 2. The Balaban J connectivity index is 1.38. The molecule has 8 rings (SSSR count). The first kappa shape index (κ1) is 21.9. The minimum atomic E-state index is -0.566. The molecule has 1 aliphatic heterocycles. The van der Waals surface area contributed by atoms with Gasteiger partial charge in [-0.25, -0.2) is 0 Å². The Hall–Kier alpha value is -4.38. The second-order valence-electron chi connectivity index (χ2n) is 9.81. The molecule has 4 aromatic rings. The highest BCUT2D eigenvalue weighted by molar-refractivity contribution is 6.00. The van der Waals surface area contributed by atoms with Crippen LogP contribution in [0, 0.1) is 11.8 Å². The van der Waals surface area contributed by atoms with Crippen molar-refractivity contribution < 1.29 is 23.8 Å². The molecular weight excluding hydrogens is 464 g/mol. The maximum atomic E-state index is 13.0. The van der Waals surface area contributed by atoms with Crippen molar-refractivity contribution >= 4 is 11.9 Å². The van der Waals surface area contributed by atoms with Gasteiger partial charge in [0.1, 0.15) is 24.7 Å². The predicted molar refractivity (Wildman–Crippen MR) is 136 cm³/mol. The molecule has 1 saturated heterocycles. The summed E-state index contributed by atoms with van der Waals surface area (Å²) >= 11 is 0. The summed E-state index contributed by atoms with van der Waals surface area (Å²) in [7, 11) is 0. The van der Waals surface area contributed by atoms with E-state index in [1.54, 1.807) is 0 Å². The van der Waals surface area contributed by atoms with Gasteiger partial charge in [-0.05, 0) is 34.4 Å². The summed E-state index contributed by atoms with van der Waals surface area (Å²) in [6.07, 6.45) is 0. The van der Waals surface area contributed by atoms with Gasteiger partial charge in [-0.15, -0.1) is 0 Å². The number of benzene rings is 4. The Morgan fingerprint density at radius 1 is 0.541 bits per heavy atom. The van der Waals surface area contributed by atoms with E-state index in [0.717, 1.165) is 33.4 Å². The molecule has 0 unspecified atom stereocenters. The molecule has 0 N–H and O–H groups in total. The quantitative estimate of drug-likeness (QED) is 0.255. The monoisotopic (exact) mass is 488 g/mol. The smallest absolute Gasteiger partial charge is 0.318 e. The molecule has 37 heavy (non-hydrogen) atoms. The summed E-state index contributed by atoms with van der Waals surface area (Å²) in [5.41, 5.74) is 6.07. The number of esters is 2. The summed E-state index contributed by atoms with van der Waals surface area (Å²) in [6, 6.07) is 31.9. The van der Waals surface area contributed by atoms with E-state index in [1.165, 1.54) is 0 Å². The van der Waals surface area contributed by atoms with Crippen LogP contribution in [-0.2, 0) is 27.5 Å². The van der Waals surface area contributed by atoms with Crippen molar-refractivity contribution in [2.24, 2.45) is 11.8 Å². The average Bonchev–Trinajstić information content (AvgIpc) is 3.26. The lowest BCUT2D eigenvalue weighted by Crippen LogP contribution is -2.42. The Morgan fingerprint density at radius 2 is 0.946 bits per heavy atom.